The zero-order chi connectivity index (χ0) is 19.4. The van der Waals surface area contributed by atoms with Gasteiger partial charge in [-0.05, 0) is 50.1 Å². The number of rotatable bonds is 7. The van der Waals surface area contributed by atoms with Crippen LogP contribution in [0.5, 0.6) is 0 Å². The summed E-state index contributed by atoms with van der Waals surface area (Å²) in [7, 11) is 1.87. The molecule has 0 saturated carbocycles. The van der Waals surface area contributed by atoms with E-state index in [0.29, 0.717) is 19.3 Å². The molecular formula is C22H28N2O2S. The first kappa shape index (κ1) is 19.6. The Hall–Kier alpha value is -2.14. The first-order valence-corrected chi connectivity index (χ1v) is 10.4. The number of nitrogens with one attached hydrogen (secondary N) is 1. The Labute approximate surface area is 165 Å². The van der Waals surface area contributed by atoms with Crippen molar-refractivity contribution in [3.63, 3.8) is 0 Å². The summed E-state index contributed by atoms with van der Waals surface area (Å²) in [5.41, 5.74) is 2.12. The maximum atomic E-state index is 12.8. The average molecular weight is 385 g/mol. The average Bonchev–Trinajstić information content (AvgIpc) is 3.31. The first-order chi connectivity index (χ1) is 12.9. The molecule has 3 rings (SSSR count). The molecule has 27 heavy (non-hydrogen) atoms. The van der Waals surface area contributed by atoms with Gasteiger partial charge in [-0.2, -0.15) is 0 Å². The topological polar surface area (TPSA) is 49.4 Å². The smallest absolute Gasteiger partial charge is 0.222 e. The monoisotopic (exact) mass is 384 g/mol. The van der Waals surface area contributed by atoms with Gasteiger partial charge in [0.05, 0.1) is 6.04 Å². The molecule has 2 heterocycles. The molecular weight excluding hydrogens is 356 g/mol. The van der Waals surface area contributed by atoms with E-state index in [1.807, 2.05) is 23.4 Å². The fourth-order valence-electron chi connectivity index (χ4n) is 3.74. The van der Waals surface area contributed by atoms with Crippen LogP contribution in [0.3, 0.4) is 0 Å². The van der Waals surface area contributed by atoms with Crippen molar-refractivity contribution < 1.29 is 9.59 Å². The molecule has 5 heteroatoms. The zero-order valence-electron chi connectivity index (χ0n) is 16.3. The van der Waals surface area contributed by atoms with Crippen LogP contribution in [0.2, 0.25) is 0 Å². The third-order valence-corrected chi connectivity index (χ3v) is 6.69. The third-order valence-electron chi connectivity index (χ3n) is 5.65. The highest BCUT2D eigenvalue weighted by Gasteiger charge is 2.38. The molecule has 1 aromatic carbocycles. The number of benzene rings is 1. The van der Waals surface area contributed by atoms with E-state index in [1.54, 1.807) is 11.3 Å². The van der Waals surface area contributed by atoms with Crippen molar-refractivity contribution in [2.24, 2.45) is 0 Å². The lowest BCUT2D eigenvalue weighted by Gasteiger charge is -2.31. The van der Waals surface area contributed by atoms with Gasteiger partial charge in [0.25, 0.3) is 0 Å². The van der Waals surface area contributed by atoms with Crippen molar-refractivity contribution in [3.8, 4) is 0 Å². The summed E-state index contributed by atoms with van der Waals surface area (Å²) in [4.78, 5) is 27.7. The number of thiophene rings is 1. The van der Waals surface area contributed by atoms with Gasteiger partial charge in [-0.1, -0.05) is 35.9 Å². The molecule has 1 N–H and O–H groups in total. The number of aryl methyl sites for hydroxylation is 1. The summed E-state index contributed by atoms with van der Waals surface area (Å²) in [5, 5.41) is 5.21. The van der Waals surface area contributed by atoms with Gasteiger partial charge in [0.15, 0.2) is 0 Å². The van der Waals surface area contributed by atoms with E-state index >= 15 is 0 Å². The Morgan fingerprint density at radius 1 is 1.30 bits per heavy atom. The molecule has 2 aromatic rings. The van der Waals surface area contributed by atoms with Crippen LogP contribution in [-0.2, 0) is 16.0 Å². The molecule has 1 aliphatic rings. The summed E-state index contributed by atoms with van der Waals surface area (Å²) in [6.07, 6.45) is 3.22. The minimum Gasteiger partial charge on any atom is -0.350 e. The van der Waals surface area contributed by atoms with Crippen LogP contribution in [0.25, 0.3) is 0 Å². The summed E-state index contributed by atoms with van der Waals surface area (Å²) in [6, 6.07) is 12.6. The molecule has 0 unspecified atom stereocenters. The van der Waals surface area contributed by atoms with Gasteiger partial charge in [-0.15, -0.1) is 11.3 Å². The van der Waals surface area contributed by atoms with E-state index in [-0.39, 0.29) is 23.4 Å². The van der Waals surface area contributed by atoms with Crippen molar-refractivity contribution in [3.05, 3.63) is 57.8 Å². The summed E-state index contributed by atoms with van der Waals surface area (Å²) >= 11 is 1.67. The fraction of sp³-hybridized carbons (Fsp3) is 0.455. The number of hydrogen-bond donors (Lipinski definition) is 1. The van der Waals surface area contributed by atoms with Gasteiger partial charge in [0.1, 0.15) is 0 Å². The Kier molecular flexibility index (Phi) is 6.00. The highest BCUT2D eigenvalue weighted by atomic mass is 32.1. The van der Waals surface area contributed by atoms with Gasteiger partial charge in [-0.3, -0.25) is 9.59 Å². The maximum absolute atomic E-state index is 12.8. The molecule has 144 valence electrons. The highest BCUT2D eigenvalue weighted by molar-refractivity contribution is 7.10. The van der Waals surface area contributed by atoms with E-state index in [9.17, 15) is 9.59 Å². The largest absolute Gasteiger partial charge is 0.350 e. The molecule has 0 spiro atoms. The molecule has 4 nitrogen and oxygen atoms in total. The molecule has 0 bridgehead atoms. The number of nitrogens with zero attached hydrogens (tertiary/aromatic N) is 1. The van der Waals surface area contributed by atoms with Gasteiger partial charge in [-0.25, -0.2) is 0 Å². The Morgan fingerprint density at radius 2 is 2.04 bits per heavy atom. The van der Waals surface area contributed by atoms with Crippen LogP contribution in [0.15, 0.2) is 41.8 Å². The molecule has 0 radical (unpaired) electrons. The Morgan fingerprint density at radius 3 is 2.63 bits per heavy atom. The minimum absolute atomic E-state index is 0.0729. The minimum atomic E-state index is -0.311. The molecule has 1 fully saturated rings. The van der Waals surface area contributed by atoms with Crippen LogP contribution >= 0.6 is 11.3 Å². The van der Waals surface area contributed by atoms with Crippen LogP contribution in [0.1, 0.15) is 54.7 Å². The number of amides is 2. The van der Waals surface area contributed by atoms with Crippen LogP contribution in [-0.4, -0.2) is 29.3 Å². The van der Waals surface area contributed by atoms with Gasteiger partial charge >= 0.3 is 0 Å². The van der Waals surface area contributed by atoms with Gasteiger partial charge in [0, 0.05) is 30.3 Å². The number of carbonyl (C=O) groups is 2. The lowest BCUT2D eigenvalue weighted by atomic mass is 9.84. The van der Waals surface area contributed by atoms with Crippen molar-refractivity contribution in [1.29, 1.82) is 0 Å². The van der Waals surface area contributed by atoms with E-state index in [4.69, 9.17) is 0 Å². The third kappa shape index (κ3) is 4.78. The number of carbonyl (C=O) groups excluding carboxylic acids is 2. The van der Waals surface area contributed by atoms with Crippen molar-refractivity contribution >= 4 is 23.2 Å². The maximum Gasteiger partial charge on any atom is 0.222 e. The standard InChI is InChI=1S/C22H28N2O2S/c1-16-6-8-18(9-7-16)15-22(12-10-20(25)23-22)13-11-21(26)24(3)17(2)19-5-4-14-27-19/h4-9,14,17H,10-13,15H2,1-3H3,(H,23,25)/t17-,22+/m1/s1. The van der Waals surface area contributed by atoms with Crippen molar-refractivity contribution in [2.75, 3.05) is 7.05 Å². The number of hydrogen-bond acceptors (Lipinski definition) is 3. The predicted molar refractivity (Wildman–Crippen MR) is 110 cm³/mol. The Bertz CT molecular complexity index is 785. The van der Waals surface area contributed by atoms with E-state index < -0.39 is 0 Å². The van der Waals surface area contributed by atoms with Crippen LogP contribution in [0.4, 0.5) is 0 Å². The summed E-state index contributed by atoms with van der Waals surface area (Å²) in [6.45, 7) is 4.13. The molecule has 1 aromatic heterocycles. The van der Waals surface area contributed by atoms with E-state index in [2.05, 4.69) is 49.5 Å². The van der Waals surface area contributed by atoms with Gasteiger partial charge in [0.2, 0.25) is 11.8 Å². The highest BCUT2D eigenvalue weighted by Crippen LogP contribution is 2.31. The van der Waals surface area contributed by atoms with Crippen molar-refractivity contribution in [2.45, 2.75) is 57.5 Å². The molecule has 0 aliphatic carbocycles. The molecule has 2 amide bonds. The van der Waals surface area contributed by atoms with E-state index in [0.717, 1.165) is 12.8 Å². The lowest BCUT2D eigenvalue weighted by Crippen LogP contribution is -2.44. The first-order valence-electron chi connectivity index (χ1n) is 9.54. The fourth-order valence-corrected chi connectivity index (χ4v) is 4.56. The van der Waals surface area contributed by atoms with Crippen LogP contribution in [0, 0.1) is 6.92 Å². The van der Waals surface area contributed by atoms with Gasteiger partial charge < -0.3 is 10.2 Å². The second-order valence-electron chi connectivity index (χ2n) is 7.69. The van der Waals surface area contributed by atoms with E-state index in [1.165, 1.54) is 16.0 Å². The predicted octanol–water partition coefficient (Wildman–Crippen LogP) is 4.25. The summed E-state index contributed by atoms with van der Waals surface area (Å²) < 4.78 is 0. The lowest BCUT2D eigenvalue weighted by molar-refractivity contribution is -0.132. The van der Waals surface area contributed by atoms with Crippen LogP contribution < -0.4 is 5.32 Å². The zero-order valence-corrected chi connectivity index (χ0v) is 17.1. The summed E-state index contributed by atoms with van der Waals surface area (Å²) in [5.74, 6) is 0.218. The normalized spacial score (nSPS) is 20.3. The SMILES string of the molecule is Cc1ccc(C[C@@]2(CCC(=O)N(C)[C@H](C)c3cccs3)CCC(=O)N2)cc1. The second-order valence-corrected chi connectivity index (χ2v) is 8.67. The van der Waals surface area contributed by atoms with Crippen molar-refractivity contribution in [1.82, 2.24) is 10.2 Å². The molecule has 2 atom stereocenters. The molecule has 1 aliphatic heterocycles. The quantitative estimate of drug-likeness (QED) is 0.776. The second kappa shape index (κ2) is 8.26. The Balaban J connectivity index is 1.65. The molecule has 1 saturated heterocycles.